The fourth-order valence-corrected chi connectivity index (χ4v) is 1.12. The van der Waals surface area contributed by atoms with Crippen LogP contribution in [0, 0.1) is 0 Å². The van der Waals surface area contributed by atoms with E-state index in [2.05, 4.69) is 10.3 Å². The van der Waals surface area contributed by atoms with E-state index < -0.39 is 5.37 Å². The van der Waals surface area contributed by atoms with Gasteiger partial charge >= 0.3 is 5.37 Å². The molecule has 0 N–H and O–H groups in total. The molecular formula is C7H4ClN3O. The number of nitrogens with zero attached hydrogens (tertiary/aromatic N) is 3. The molecule has 0 aliphatic heterocycles. The number of benzene rings is 1. The Balaban J connectivity index is 2.79. The highest BCUT2D eigenvalue weighted by Crippen LogP contribution is 2.09. The lowest BCUT2D eigenvalue weighted by Gasteiger charge is -1.90. The van der Waals surface area contributed by atoms with Gasteiger partial charge in [0.2, 0.25) is 0 Å². The predicted octanol–water partition coefficient (Wildman–Crippen LogP) is 1.64. The van der Waals surface area contributed by atoms with Gasteiger partial charge in [0.1, 0.15) is 5.52 Å². The summed E-state index contributed by atoms with van der Waals surface area (Å²) in [6.45, 7) is 0. The molecule has 4 nitrogen and oxygen atoms in total. The van der Waals surface area contributed by atoms with Crippen molar-refractivity contribution in [2.75, 3.05) is 0 Å². The summed E-state index contributed by atoms with van der Waals surface area (Å²) in [6, 6.07) is 7.11. The molecule has 0 spiro atoms. The summed E-state index contributed by atoms with van der Waals surface area (Å²) in [7, 11) is 0. The number of aromatic nitrogens is 3. The maximum Gasteiger partial charge on any atom is 0.342 e. The Morgan fingerprint density at radius 3 is 2.92 bits per heavy atom. The molecule has 0 atom stereocenters. The number of rotatable bonds is 0. The zero-order valence-corrected chi connectivity index (χ0v) is 6.69. The number of halogens is 1. The molecule has 0 fully saturated rings. The van der Waals surface area contributed by atoms with E-state index in [1.54, 1.807) is 18.2 Å². The van der Waals surface area contributed by atoms with Gasteiger partial charge in [-0.15, -0.1) is 5.10 Å². The molecule has 60 valence electrons. The quantitative estimate of drug-likeness (QED) is 0.581. The third kappa shape index (κ3) is 0.967. The lowest BCUT2D eigenvalue weighted by atomic mass is 10.3. The van der Waals surface area contributed by atoms with Crippen LogP contribution < -0.4 is 0 Å². The average Bonchev–Trinajstić information content (AvgIpc) is 2.47. The molecule has 2 aromatic rings. The molecule has 0 saturated carbocycles. The number of para-hydroxylation sites is 1. The van der Waals surface area contributed by atoms with Crippen LogP contribution in [-0.2, 0) is 0 Å². The van der Waals surface area contributed by atoms with Crippen LogP contribution in [0.1, 0.15) is 0 Å². The third-order valence-electron chi connectivity index (χ3n) is 1.52. The van der Waals surface area contributed by atoms with Crippen molar-refractivity contribution >= 4 is 28.0 Å². The van der Waals surface area contributed by atoms with Crippen LogP contribution in [0.15, 0.2) is 24.3 Å². The maximum absolute atomic E-state index is 10.7. The van der Waals surface area contributed by atoms with Gasteiger partial charge in [0, 0.05) is 0 Å². The van der Waals surface area contributed by atoms with Crippen LogP contribution in [0.3, 0.4) is 0 Å². The normalized spacial score (nSPS) is 10.4. The van der Waals surface area contributed by atoms with Crippen LogP contribution in [0.2, 0.25) is 0 Å². The smallest absolute Gasteiger partial charge is 0.253 e. The van der Waals surface area contributed by atoms with Gasteiger partial charge < -0.3 is 0 Å². The van der Waals surface area contributed by atoms with Crippen molar-refractivity contribution in [3.05, 3.63) is 24.3 Å². The summed E-state index contributed by atoms with van der Waals surface area (Å²) < 4.78 is 1.05. The van der Waals surface area contributed by atoms with Crippen molar-refractivity contribution in [3.8, 4) is 0 Å². The van der Waals surface area contributed by atoms with Gasteiger partial charge in [-0.2, -0.15) is 4.68 Å². The maximum atomic E-state index is 10.7. The van der Waals surface area contributed by atoms with Crippen molar-refractivity contribution in [2.45, 2.75) is 0 Å². The largest absolute Gasteiger partial charge is 0.342 e. The Kier molecular flexibility index (Phi) is 1.55. The van der Waals surface area contributed by atoms with Gasteiger partial charge in [0.05, 0.1) is 5.52 Å². The molecule has 0 aliphatic rings. The lowest BCUT2D eigenvalue weighted by Crippen LogP contribution is -2.03. The predicted molar refractivity (Wildman–Crippen MR) is 44.2 cm³/mol. The SMILES string of the molecule is O=C(Cl)n1nnc2ccccc21. The molecule has 0 bridgehead atoms. The highest BCUT2D eigenvalue weighted by Gasteiger charge is 2.07. The standard InChI is InChI=1S/C7H4ClN3O/c8-7(12)11-6-4-2-1-3-5(6)9-10-11/h1-4H. The number of fused-ring (bicyclic) bond motifs is 1. The fraction of sp³-hybridized carbons (Fsp3) is 0. The Morgan fingerprint density at radius 1 is 1.42 bits per heavy atom. The summed E-state index contributed by atoms with van der Waals surface area (Å²) in [5, 5.41) is 6.68. The number of carbonyl (C=O) groups is 1. The van der Waals surface area contributed by atoms with Crippen LogP contribution in [0.5, 0.6) is 0 Å². The molecule has 0 unspecified atom stereocenters. The zero-order valence-electron chi connectivity index (χ0n) is 5.94. The first-order valence-corrected chi connectivity index (χ1v) is 3.67. The highest BCUT2D eigenvalue weighted by molar-refractivity contribution is 6.63. The van der Waals surface area contributed by atoms with E-state index in [-0.39, 0.29) is 0 Å². The molecule has 12 heavy (non-hydrogen) atoms. The molecule has 5 heteroatoms. The van der Waals surface area contributed by atoms with Crippen LogP contribution >= 0.6 is 11.6 Å². The molecule has 0 amide bonds. The molecule has 0 radical (unpaired) electrons. The van der Waals surface area contributed by atoms with Gasteiger partial charge in [-0.1, -0.05) is 17.3 Å². The summed E-state index contributed by atoms with van der Waals surface area (Å²) in [4.78, 5) is 10.7. The second-order valence-corrected chi connectivity index (χ2v) is 2.57. The van der Waals surface area contributed by atoms with Gasteiger partial charge in [-0.3, -0.25) is 4.79 Å². The van der Waals surface area contributed by atoms with E-state index in [1.165, 1.54) is 0 Å². The first kappa shape index (κ1) is 7.24. The van der Waals surface area contributed by atoms with Gasteiger partial charge in [-0.25, -0.2) is 0 Å². The molecule has 1 aromatic carbocycles. The van der Waals surface area contributed by atoms with E-state index in [0.29, 0.717) is 11.0 Å². The monoisotopic (exact) mass is 181 g/mol. The minimum absolute atomic E-state index is 0.623. The van der Waals surface area contributed by atoms with E-state index in [4.69, 9.17) is 11.6 Å². The second kappa shape index (κ2) is 2.57. The first-order valence-electron chi connectivity index (χ1n) is 3.29. The van der Waals surface area contributed by atoms with Crippen molar-refractivity contribution in [3.63, 3.8) is 0 Å². The average molecular weight is 182 g/mol. The third-order valence-corrected chi connectivity index (χ3v) is 1.68. The molecule has 1 aromatic heterocycles. The van der Waals surface area contributed by atoms with Crippen molar-refractivity contribution in [1.82, 2.24) is 15.0 Å². The van der Waals surface area contributed by atoms with Crippen LogP contribution in [-0.4, -0.2) is 20.4 Å². The lowest BCUT2D eigenvalue weighted by molar-refractivity contribution is 0.259. The van der Waals surface area contributed by atoms with E-state index in [1.807, 2.05) is 6.07 Å². The van der Waals surface area contributed by atoms with Crippen LogP contribution in [0.25, 0.3) is 11.0 Å². The Morgan fingerprint density at radius 2 is 2.17 bits per heavy atom. The summed E-state index contributed by atoms with van der Waals surface area (Å²) in [5.41, 5.74) is 1.28. The Hall–Kier alpha value is -1.42. The minimum Gasteiger partial charge on any atom is -0.253 e. The number of hydrogen-bond acceptors (Lipinski definition) is 3. The molecular weight excluding hydrogens is 178 g/mol. The number of hydrogen-bond donors (Lipinski definition) is 0. The van der Waals surface area contributed by atoms with Gasteiger partial charge in [0.15, 0.2) is 0 Å². The molecule has 2 rings (SSSR count). The Bertz CT molecular complexity index is 437. The first-order chi connectivity index (χ1) is 5.79. The topological polar surface area (TPSA) is 47.8 Å². The minimum atomic E-state index is -0.649. The van der Waals surface area contributed by atoms with Gasteiger partial charge in [0.25, 0.3) is 0 Å². The van der Waals surface area contributed by atoms with E-state index in [0.717, 1.165) is 4.68 Å². The molecule has 1 heterocycles. The molecule has 0 aliphatic carbocycles. The summed E-state index contributed by atoms with van der Waals surface area (Å²) in [5.74, 6) is 0. The van der Waals surface area contributed by atoms with Crippen LogP contribution in [0.4, 0.5) is 4.79 Å². The molecule has 0 saturated heterocycles. The van der Waals surface area contributed by atoms with E-state index >= 15 is 0 Å². The van der Waals surface area contributed by atoms with Gasteiger partial charge in [-0.05, 0) is 23.7 Å². The fourth-order valence-electron chi connectivity index (χ4n) is 0.999. The van der Waals surface area contributed by atoms with Crippen molar-refractivity contribution < 1.29 is 4.79 Å². The van der Waals surface area contributed by atoms with Crippen molar-refractivity contribution in [1.29, 1.82) is 0 Å². The highest BCUT2D eigenvalue weighted by atomic mass is 35.5. The van der Waals surface area contributed by atoms with E-state index in [9.17, 15) is 4.79 Å². The zero-order chi connectivity index (χ0) is 8.55. The number of carbonyl (C=O) groups excluding carboxylic acids is 1. The Labute approximate surface area is 72.7 Å². The second-order valence-electron chi connectivity index (χ2n) is 2.24. The van der Waals surface area contributed by atoms with Crippen molar-refractivity contribution in [2.24, 2.45) is 0 Å². The summed E-state index contributed by atoms with van der Waals surface area (Å²) >= 11 is 5.25. The summed E-state index contributed by atoms with van der Waals surface area (Å²) in [6.07, 6.45) is 0.